The summed E-state index contributed by atoms with van der Waals surface area (Å²) in [6.07, 6.45) is 5.99. The van der Waals surface area contributed by atoms with E-state index in [4.69, 9.17) is 0 Å². The highest BCUT2D eigenvalue weighted by Gasteiger charge is 2.07. The molecule has 1 heterocycles. The topological polar surface area (TPSA) is 71.2 Å². The molecule has 0 radical (unpaired) electrons. The molecule has 5 nitrogen and oxygen atoms in total. The molecule has 4 rings (SSSR count). The summed E-state index contributed by atoms with van der Waals surface area (Å²) in [6, 6.07) is 23.1. The van der Waals surface area contributed by atoms with E-state index in [1.165, 1.54) is 17.7 Å². The lowest BCUT2D eigenvalue weighted by molar-refractivity contribution is 0.404. The number of benzene rings is 3. The van der Waals surface area contributed by atoms with Crippen molar-refractivity contribution in [2.75, 3.05) is 0 Å². The summed E-state index contributed by atoms with van der Waals surface area (Å²) in [5, 5.41) is 27.3. The van der Waals surface area contributed by atoms with Gasteiger partial charge in [-0.1, -0.05) is 72.0 Å². The third kappa shape index (κ3) is 4.10. The lowest BCUT2D eigenvalue weighted by atomic mass is 10.1. The molecular weight excluding hydrogens is 350 g/mol. The molecular formula is C23H19N3O2. The Balaban J connectivity index is 1.44. The number of rotatable bonds is 5. The fraction of sp³-hybridized carbons (Fsp3) is 0.0435. The Labute approximate surface area is 162 Å². The highest BCUT2D eigenvalue weighted by Crippen LogP contribution is 2.29. The zero-order chi connectivity index (χ0) is 19.3. The molecule has 0 aliphatic heterocycles. The standard InChI is InChI=1S/C23H19N3O2/c27-22-13-12-20(14-23(22)28)21-16-26(25-24-21)15-19-10-8-18(9-11-19)7-6-17-4-2-1-3-5-17/h1-14,16,27-28H,15H2. The van der Waals surface area contributed by atoms with E-state index < -0.39 is 0 Å². The predicted octanol–water partition coefficient (Wildman–Crippen LogP) is 4.58. The number of phenols is 2. The Bertz CT molecular complexity index is 1100. The van der Waals surface area contributed by atoms with Crippen LogP contribution in [-0.2, 0) is 6.54 Å². The van der Waals surface area contributed by atoms with Crippen LogP contribution in [0.4, 0.5) is 0 Å². The van der Waals surface area contributed by atoms with Crippen LogP contribution >= 0.6 is 0 Å². The Morgan fingerprint density at radius 2 is 1.50 bits per heavy atom. The first-order valence-electron chi connectivity index (χ1n) is 8.92. The highest BCUT2D eigenvalue weighted by molar-refractivity contribution is 5.69. The summed E-state index contributed by atoms with van der Waals surface area (Å²) in [4.78, 5) is 0. The number of nitrogens with zero attached hydrogens (tertiary/aromatic N) is 3. The molecule has 28 heavy (non-hydrogen) atoms. The van der Waals surface area contributed by atoms with Crippen LogP contribution in [0.3, 0.4) is 0 Å². The van der Waals surface area contributed by atoms with Gasteiger partial charge in [0.1, 0.15) is 5.69 Å². The molecule has 5 heteroatoms. The van der Waals surface area contributed by atoms with Crippen molar-refractivity contribution in [2.45, 2.75) is 6.54 Å². The van der Waals surface area contributed by atoms with E-state index in [1.54, 1.807) is 10.7 Å². The SMILES string of the molecule is Oc1ccc(-c2cn(Cc3ccc(C=Cc4ccccc4)cc3)nn2)cc1O. The van der Waals surface area contributed by atoms with Crippen molar-refractivity contribution >= 4 is 12.2 Å². The lowest BCUT2D eigenvalue weighted by Gasteiger charge is -2.02. The van der Waals surface area contributed by atoms with Gasteiger partial charge in [-0.3, -0.25) is 0 Å². The summed E-state index contributed by atoms with van der Waals surface area (Å²) in [5.41, 5.74) is 4.75. The largest absolute Gasteiger partial charge is 0.504 e. The number of aromatic hydroxyl groups is 2. The van der Waals surface area contributed by atoms with Crippen LogP contribution in [0.5, 0.6) is 11.5 Å². The number of aromatic nitrogens is 3. The van der Waals surface area contributed by atoms with Crippen LogP contribution in [0.2, 0.25) is 0 Å². The summed E-state index contributed by atoms with van der Waals surface area (Å²) in [6.45, 7) is 0.597. The maximum absolute atomic E-state index is 9.64. The lowest BCUT2D eigenvalue weighted by Crippen LogP contribution is -2.00. The zero-order valence-corrected chi connectivity index (χ0v) is 15.1. The fourth-order valence-corrected chi connectivity index (χ4v) is 2.87. The van der Waals surface area contributed by atoms with Gasteiger partial charge in [0.05, 0.1) is 12.7 Å². The van der Waals surface area contributed by atoms with E-state index in [0.29, 0.717) is 17.8 Å². The molecule has 3 aromatic carbocycles. The van der Waals surface area contributed by atoms with E-state index in [9.17, 15) is 10.2 Å². The molecule has 0 unspecified atom stereocenters. The van der Waals surface area contributed by atoms with Crippen molar-refractivity contribution in [3.63, 3.8) is 0 Å². The summed E-state index contributed by atoms with van der Waals surface area (Å²) in [7, 11) is 0. The van der Waals surface area contributed by atoms with Crippen molar-refractivity contribution in [3.8, 4) is 22.8 Å². The second-order valence-electron chi connectivity index (χ2n) is 6.49. The van der Waals surface area contributed by atoms with Crippen LogP contribution in [0.1, 0.15) is 16.7 Å². The highest BCUT2D eigenvalue weighted by atomic mass is 16.3. The molecule has 0 bridgehead atoms. The quantitative estimate of drug-likeness (QED) is 0.399. The third-order valence-electron chi connectivity index (χ3n) is 4.40. The van der Waals surface area contributed by atoms with Gasteiger partial charge in [-0.05, 0) is 34.9 Å². The van der Waals surface area contributed by atoms with E-state index >= 15 is 0 Å². The van der Waals surface area contributed by atoms with Gasteiger partial charge in [0.15, 0.2) is 11.5 Å². The van der Waals surface area contributed by atoms with Gasteiger partial charge in [-0.25, -0.2) is 4.68 Å². The van der Waals surface area contributed by atoms with Crippen LogP contribution in [-0.4, -0.2) is 25.2 Å². The number of phenolic OH excluding ortho intramolecular Hbond substituents is 2. The van der Waals surface area contributed by atoms with Crippen LogP contribution in [0, 0.1) is 0 Å². The monoisotopic (exact) mass is 369 g/mol. The van der Waals surface area contributed by atoms with Crippen LogP contribution in [0.25, 0.3) is 23.4 Å². The van der Waals surface area contributed by atoms with Crippen LogP contribution in [0.15, 0.2) is 79.0 Å². The van der Waals surface area contributed by atoms with E-state index in [1.807, 2.05) is 24.4 Å². The zero-order valence-electron chi connectivity index (χ0n) is 15.1. The van der Waals surface area contributed by atoms with E-state index in [2.05, 4.69) is 58.9 Å². The molecule has 0 amide bonds. The minimum absolute atomic E-state index is 0.155. The molecule has 0 aliphatic carbocycles. The van der Waals surface area contributed by atoms with Crippen molar-refractivity contribution in [2.24, 2.45) is 0 Å². The van der Waals surface area contributed by atoms with Gasteiger partial charge in [-0.15, -0.1) is 5.10 Å². The minimum atomic E-state index is -0.175. The van der Waals surface area contributed by atoms with Gasteiger partial charge in [0.2, 0.25) is 0 Å². The average Bonchev–Trinajstić information content (AvgIpc) is 3.19. The van der Waals surface area contributed by atoms with E-state index in [0.717, 1.165) is 11.1 Å². The number of hydrogen-bond donors (Lipinski definition) is 2. The summed E-state index contributed by atoms with van der Waals surface area (Å²) >= 11 is 0. The molecule has 0 saturated carbocycles. The minimum Gasteiger partial charge on any atom is -0.504 e. The van der Waals surface area contributed by atoms with Gasteiger partial charge in [0.25, 0.3) is 0 Å². The predicted molar refractivity (Wildman–Crippen MR) is 110 cm³/mol. The van der Waals surface area contributed by atoms with Crippen molar-refractivity contribution in [1.82, 2.24) is 15.0 Å². The molecule has 138 valence electrons. The summed E-state index contributed by atoms with van der Waals surface area (Å²) < 4.78 is 1.74. The van der Waals surface area contributed by atoms with Crippen LogP contribution < -0.4 is 0 Å². The van der Waals surface area contributed by atoms with Crippen molar-refractivity contribution in [3.05, 3.63) is 95.7 Å². The van der Waals surface area contributed by atoms with Gasteiger partial charge >= 0.3 is 0 Å². The second-order valence-corrected chi connectivity index (χ2v) is 6.49. The Kier molecular flexibility index (Phi) is 4.89. The molecule has 4 aromatic rings. The molecule has 1 aromatic heterocycles. The van der Waals surface area contributed by atoms with Gasteiger partial charge < -0.3 is 10.2 Å². The molecule has 0 fully saturated rings. The van der Waals surface area contributed by atoms with Gasteiger partial charge in [-0.2, -0.15) is 0 Å². The smallest absolute Gasteiger partial charge is 0.158 e. The number of hydrogen-bond acceptors (Lipinski definition) is 4. The first kappa shape index (κ1) is 17.5. The van der Waals surface area contributed by atoms with E-state index in [-0.39, 0.29) is 11.5 Å². The molecule has 2 N–H and O–H groups in total. The molecule has 0 spiro atoms. The van der Waals surface area contributed by atoms with Crippen molar-refractivity contribution < 1.29 is 10.2 Å². The Morgan fingerprint density at radius 3 is 2.21 bits per heavy atom. The maximum atomic E-state index is 9.64. The average molecular weight is 369 g/mol. The fourth-order valence-electron chi connectivity index (χ4n) is 2.87. The Hall–Kier alpha value is -3.86. The summed E-state index contributed by atoms with van der Waals surface area (Å²) in [5.74, 6) is -0.330. The van der Waals surface area contributed by atoms with Crippen molar-refractivity contribution in [1.29, 1.82) is 0 Å². The Morgan fingerprint density at radius 1 is 0.786 bits per heavy atom. The molecule has 0 atom stereocenters. The molecule has 0 saturated heterocycles. The van der Waals surface area contributed by atoms with Gasteiger partial charge in [0, 0.05) is 5.56 Å². The first-order valence-corrected chi connectivity index (χ1v) is 8.92. The first-order chi connectivity index (χ1) is 13.7. The molecule has 0 aliphatic rings. The maximum Gasteiger partial charge on any atom is 0.158 e. The second kappa shape index (κ2) is 7.80. The normalized spacial score (nSPS) is 11.1. The third-order valence-corrected chi connectivity index (χ3v) is 4.40.